The Hall–Kier alpha value is -4.32. The Kier molecular flexibility index (Phi) is 8.68. The molecule has 3 rings (SSSR count). The van der Waals surface area contributed by atoms with Crippen LogP contribution in [0, 0.1) is 17.2 Å². The predicted molar refractivity (Wildman–Crippen MR) is 137 cm³/mol. The molecule has 0 saturated carbocycles. The molecule has 1 heterocycles. The van der Waals surface area contributed by atoms with E-state index in [0.717, 1.165) is 6.42 Å². The Bertz CT molecular complexity index is 1210. The fourth-order valence-electron chi connectivity index (χ4n) is 3.86. The number of carbonyl (C=O) groups excluding carboxylic acids is 3. The van der Waals surface area contributed by atoms with E-state index >= 15 is 0 Å². The van der Waals surface area contributed by atoms with Crippen molar-refractivity contribution in [1.82, 2.24) is 10.2 Å². The minimum Gasteiger partial charge on any atom is -0.462 e. The highest BCUT2D eigenvalue weighted by Crippen LogP contribution is 2.32. The fraction of sp³-hybridized carbons (Fsp3) is 0.333. The number of anilines is 2. The minimum absolute atomic E-state index is 0.165. The molecule has 0 unspecified atom stereocenters. The molecule has 0 aliphatic carbocycles. The molecular formula is C27H31N5O4. The third-order valence-electron chi connectivity index (χ3n) is 5.54. The number of esters is 1. The molecule has 0 fully saturated rings. The maximum absolute atomic E-state index is 13.1. The van der Waals surface area contributed by atoms with Gasteiger partial charge in [-0.3, -0.25) is 4.90 Å². The van der Waals surface area contributed by atoms with Gasteiger partial charge in [0.05, 0.1) is 29.9 Å². The molecule has 0 radical (unpaired) electrons. The van der Waals surface area contributed by atoms with Gasteiger partial charge in [-0.25, -0.2) is 14.4 Å². The van der Waals surface area contributed by atoms with Gasteiger partial charge in [-0.2, -0.15) is 5.26 Å². The van der Waals surface area contributed by atoms with Crippen LogP contribution in [0.3, 0.4) is 0 Å². The zero-order chi connectivity index (χ0) is 26.2. The number of ether oxygens (including phenoxy) is 1. The van der Waals surface area contributed by atoms with Crippen molar-refractivity contribution >= 4 is 29.4 Å². The molecule has 9 nitrogen and oxygen atoms in total. The zero-order valence-electron chi connectivity index (χ0n) is 20.9. The molecule has 3 N–H and O–H groups in total. The highest BCUT2D eigenvalue weighted by Gasteiger charge is 2.36. The minimum atomic E-state index is -0.734. The zero-order valence-corrected chi connectivity index (χ0v) is 20.9. The van der Waals surface area contributed by atoms with Gasteiger partial charge in [0.1, 0.15) is 0 Å². The first kappa shape index (κ1) is 26.3. The summed E-state index contributed by atoms with van der Waals surface area (Å²) in [6.45, 7) is 8.35. The Morgan fingerprint density at radius 1 is 1.14 bits per heavy atom. The Morgan fingerprint density at radius 2 is 1.81 bits per heavy atom. The van der Waals surface area contributed by atoms with Crippen molar-refractivity contribution in [2.75, 3.05) is 23.8 Å². The molecule has 1 aliphatic heterocycles. The number of nitrogens with one attached hydrogen (secondary N) is 3. The van der Waals surface area contributed by atoms with Crippen LogP contribution in [0.4, 0.5) is 21.0 Å². The number of rotatable bonds is 8. The van der Waals surface area contributed by atoms with Gasteiger partial charge in [0.2, 0.25) is 0 Å². The molecule has 0 spiro atoms. The first-order valence-electron chi connectivity index (χ1n) is 11.9. The standard InChI is InChI=1S/C27H31N5O4/c1-5-12-32-18(4)23(25(33)36-16-17(2)3)24(31-27(32)35)20-9-7-11-22(14-20)30-26(34)29-21-10-6-8-19(13-21)15-28/h6-11,13-14,17,24H,5,12,16H2,1-4H3,(H,31,35)(H2,29,30,34)/t24-/m0/s1. The Labute approximate surface area is 211 Å². The topological polar surface area (TPSA) is 124 Å². The lowest BCUT2D eigenvalue weighted by molar-refractivity contribution is -0.140. The summed E-state index contributed by atoms with van der Waals surface area (Å²) in [6, 6.07) is 14.0. The predicted octanol–water partition coefficient (Wildman–Crippen LogP) is 5.15. The van der Waals surface area contributed by atoms with E-state index in [-0.39, 0.29) is 18.6 Å². The monoisotopic (exact) mass is 489 g/mol. The summed E-state index contributed by atoms with van der Waals surface area (Å²) >= 11 is 0. The highest BCUT2D eigenvalue weighted by molar-refractivity contribution is 6.00. The van der Waals surface area contributed by atoms with Crippen LogP contribution < -0.4 is 16.0 Å². The van der Waals surface area contributed by atoms with Gasteiger partial charge in [0.15, 0.2) is 0 Å². The quantitative estimate of drug-likeness (QED) is 0.442. The molecule has 4 amide bonds. The summed E-state index contributed by atoms with van der Waals surface area (Å²) < 4.78 is 5.53. The second kappa shape index (κ2) is 11.9. The van der Waals surface area contributed by atoms with Crippen molar-refractivity contribution in [3.63, 3.8) is 0 Å². The van der Waals surface area contributed by atoms with Crippen LogP contribution in [0.1, 0.15) is 51.3 Å². The first-order valence-corrected chi connectivity index (χ1v) is 11.9. The van der Waals surface area contributed by atoms with E-state index in [1.54, 1.807) is 60.4 Å². The number of amides is 4. The number of benzene rings is 2. The van der Waals surface area contributed by atoms with Crippen molar-refractivity contribution in [2.24, 2.45) is 5.92 Å². The summed E-state index contributed by atoms with van der Waals surface area (Å²) in [5.41, 5.74) is 2.91. The molecule has 0 aromatic heterocycles. The van der Waals surface area contributed by atoms with E-state index in [0.29, 0.717) is 40.3 Å². The third-order valence-corrected chi connectivity index (χ3v) is 5.54. The molecule has 9 heteroatoms. The Balaban J connectivity index is 1.86. The molecule has 0 saturated heterocycles. The van der Waals surface area contributed by atoms with E-state index in [9.17, 15) is 14.4 Å². The van der Waals surface area contributed by atoms with Gasteiger partial charge < -0.3 is 20.7 Å². The number of carbonyl (C=O) groups is 3. The van der Waals surface area contributed by atoms with Gasteiger partial charge in [-0.05, 0) is 55.2 Å². The van der Waals surface area contributed by atoms with Gasteiger partial charge in [0, 0.05) is 23.6 Å². The van der Waals surface area contributed by atoms with Crippen LogP contribution in [0.5, 0.6) is 0 Å². The highest BCUT2D eigenvalue weighted by atomic mass is 16.5. The molecule has 188 valence electrons. The SMILES string of the molecule is CCCN1C(=O)N[C@@H](c2cccc(NC(=O)Nc3cccc(C#N)c3)c2)C(C(=O)OCC(C)C)=C1C. The number of nitrogens with zero attached hydrogens (tertiary/aromatic N) is 2. The van der Waals surface area contributed by atoms with E-state index in [2.05, 4.69) is 16.0 Å². The van der Waals surface area contributed by atoms with Crippen molar-refractivity contribution in [1.29, 1.82) is 5.26 Å². The average Bonchev–Trinajstić information content (AvgIpc) is 2.85. The van der Waals surface area contributed by atoms with E-state index < -0.39 is 18.0 Å². The number of allylic oxidation sites excluding steroid dienone is 1. The summed E-state index contributed by atoms with van der Waals surface area (Å²) in [5, 5.41) is 17.4. The van der Waals surface area contributed by atoms with Crippen molar-refractivity contribution in [3.05, 3.63) is 70.9 Å². The van der Waals surface area contributed by atoms with E-state index in [1.165, 1.54) is 0 Å². The maximum atomic E-state index is 13.1. The third kappa shape index (κ3) is 6.42. The molecule has 0 bridgehead atoms. The molecule has 1 atom stereocenters. The number of urea groups is 2. The lowest BCUT2D eigenvalue weighted by Crippen LogP contribution is -2.48. The smallest absolute Gasteiger partial charge is 0.338 e. The van der Waals surface area contributed by atoms with Crippen molar-refractivity contribution in [2.45, 2.75) is 40.2 Å². The molecular weight excluding hydrogens is 458 g/mol. The molecule has 2 aromatic rings. The van der Waals surface area contributed by atoms with Crippen LogP contribution in [0.15, 0.2) is 59.8 Å². The van der Waals surface area contributed by atoms with Crippen LogP contribution in [0.25, 0.3) is 0 Å². The summed E-state index contributed by atoms with van der Waals surface area (Å²) in [4.78, 5) is 40.1. The van der Waals surface area contributed by atoms with Crippen LogP contribution >= 0.6 is 0 Å². The fourth-order valence-corrected chi connectivity index (χ4v) is 3.86. The Morgan fingerprint density at radius 3 is 2.44 bits per heavy atom. The summed E-state index contributed by atoms with van der Waals surface area (Å²) in [7, 11) is 0. The number of hydrogen-bond acceptors (Lipinski definition) is 5. The first-order chi connectivity index (χ1) is 17.2. The van der Waals surface area contributed by atoms with Crippen LogP contribution in [-0.2, 0) is 9.53 Å². The number of nitriles is 1. The summed E-state index contributed by atoms with van der Waals surface area (Å²) in [5.74, 6) is -0.320. The molecule has 1 aliphatic rings. The van der Waals surface area contributed by atoms with E-state index in [4.69, 9.17) is 10.00 Å². The van der Waals surface area contributed by atoms with Crippen molar-refractivity contribution in [3.8, 4) is 6.07 Å². The molecule has 36 heavy (non-hydrogen) atoms. The number of hydrogen-bond donors (Lipinski definition) is 3. The van der Waals surface area contributed by atoms with Gasteiger partial charge in [0.25, 0.3) is 0 Å². The van der Waals surface area contributed by atoms with Crippen LogP contribution in [-0.4, -0.2) is 36.1 Å². The van der Waals surface area contributed by atoms with E-state index in [1.807, 2.05) is 26.8 Å². The normalized spacial score (nSPS) is 15.3. The van der Waals surface area contributed by atoms with Crippen molar-refractivity contribution < 1.29 is 19.1 Å². The second-order valence-corrected chi connectivity index (χ2v) is 8.92. The van der Waals surface area contributed by atoms with Crippen LogP contribution in [0.2, 0.25) is 0 Å². The summed E-state index contributed by atoms with van der Waals surface area (Å²) in [6.07, 6.45) is 0.732. The lowest BCUT2D eigenvalue weighted by Gasteiger charge is -2.35. The lowest BCUT2D eigenvalue weighted by atomic mass is 9.94. The van der Waals surface area contributed by atoms with Gasteiger partial charge in [-0.15, -0.1) is 0 Å². The van der Waals surface area contributed by atoms with Gasteiger partial charge in [-0.1, -0.05) is 39.0 Å². The maximum Gasteiger partial charge on any atom is 0.338 e. The largest absolute Gasteiger partial charge is 0.462 e. The second-order valence-electron chi connectivity index (χ2n) is 8.92. The average molecular weight is 490 g/mol. The molecule has 2 aromatic carbocycles. The van der Waals surface area contributed by atoms with Gasteiger partial charge >= 0.3 is 18.0 Å².